The molecule has 1 fully saturated rings. The van der Waals surface area contributed by atoms with E-state index in [9.17, 15) is 8.78 Å². The highest BCUT2D eigenvalue weighted by molar-refractivity contribution is 5.01. The van der Waals surface area contributed by atoms with Crippen LogP contribution < -0.4 is 5.73 Å². The van der Waals surface area contributed by atoms with Crippen LogP contribution in [0.5, 0.6) is 0 Å². The van der Waals surface area contributed by atoms with Gasteiger partial charge in [0, 0.05) is 12.8 Å². The number of halogens is 2. The van der Waals surface area contributed by atoms with Gasteiger partial charge in [0.25, 0.3) is 0 Å². The summed E-state index contributed by atoms with van der Waals surface area (Å²) in [5.41, 5.74) is 5.37. The van der Waals surface area contributed by atoms with Gasteiger partial charge in [-0.25, -0.2) is 8.78 Å². The molecule has 0 radical (unpaired) electrons. The molecule has 3 heteroatoms. The zero-order valence-electron chi connectivity index (χ0n) is 8.66. The van der Waals surface area contributed by atoms with Gasteiger partial charge in [-0.3, -0.25) is 0 Å². The molecule has 0 heterocycles. The van der Waals surface area contributed by atoms with Crippen LogP contribution >= 0.6 is 0 Å². The van der Waals surface area contributed by atoms with Crippen LogP contribution in [0.2, 0.25) is 0 Å². The van der Waals surface area contributed by atoms with Gasteiger partial charge < -0.3 is 5.73 Å². The molecule has 0 unspecified atom stereocenters. The zero-order chi connectivity index (χ0) is 10.3. The van der Waals surface area contributed by atoms with E-state index in [0.29, 0.717) is 6.54 Å². The highest BCUT2D eigenvalue weighted by Crippen LogP contribution is 2.56. The maximum absolute atomic E-state index is 12.7. The van der Waals surface area contributed by atoms with E-state index in [4.69, 9.17) is 5.73 Å². The molecule has 0 aromatic carbocycles. The molecule has 0 bridgehead atoms. The molecule has 0 aromatic rings. The average molecular weight is 191 g/mol. The van der Waals surface area contributed by atoms with Gasteiger partial charge in [0.1, 0.15) is 0 Å². The first-order valence-corrected chi connectivity index (χ1v) is 4.76. The van der Waals surface area contributed by atoms with Gasteiger partial charge in [-0.15, -0.1) is 0 Å². The highest BCUT2D eigenvalue weighted by atomic mass is 19.3. The molecule has 1 saturated carbocycles. The molecule has 1 nitrogen and oxygen atoms in total. The van der Waals surface area contributed by atoms with E-state index < -0.39 is 5.92 Å². The molecule has 0 aliphatic heterocycles. The predicted molar refractivity (Wildman–Crippen MR) is 49.7 cm³/mol. The molecule has 13 heavy (non-hydrogen) atoms. The van der Waals surface area contributed by atoms with Gasteiger partial charge in [-0.1, -0.05) is 20.8 Å². The minimum absolute atomic E-state index is 0.0201. The van der Waals surface area contributed by atoms with Gasteiger partial charge in [0.05, 0.1) is 0 Å². The Morgan fingerprint density at radius 2 is 1.69 bits per heavy atom. The van der Waals surface area contributed by atoms with Gasteiger partial charge >= 0.3 is 0 Å². The monoisotopic (exact) mass is 191 g/mol. The van der Waals surface area contributed by atoms with E-state index in [1.807, 2.05) is 0 Å². The van der Waals surface area contributed by atoms with Crippen molar-refractivity contribution < 1.29 is 8.78 Å². The molecular weight excluding hydrogens is 172 g/mol. The number of rotatable bonds is 2. The Morgan fingerprint density at radius 3 is 1.92 bits per heavy atom. The maximum Gasteiger partial charge on any atom is 0.249 e. The van der Waals surface area contributed by atoms with Gasteiger partial charge in [0.2, 0.25) is 5.92 Å². The lowest BCUT2D eigenvalue weighted by Crippen LogP contribution is -2.52. The lowest BCUT2D eigenvalue weighted by atomic mass is 9.59. The molecule has 1 aliphatic rings. The van der Waals surface area contributed by atoms with E-state index in [0.717, 1.165) is 6.42 Å². The molecule has 78 valence electrons. The second kappa shape index (κ2) is 2.91. The van der Waals surface area contributed by atoms with E-state index in [2.05, 4.69) is 20.8 Å². The summed E-state index contributed by atoms with van der Waals surface area (Å²) in [6.07, 6.45) is 0.758. The lowest BCUT2D eigenvalue weighted by molar-refractivity contribution is -0.167. The lowest BCUT2D eigenvalue weighted by Gasteiger charge is -2.49. The second-order valence-corrected chi connectivity index (χ2v) is 5.65. The number of alkyl halides is 2. The predicted octanol–water partition coefficient (Wildman–Crippen LogP) is 2.80. The number of hydrogen-bond acceptors (Lipinski definition) is 1. The number of hydrogen-bond donors (Lipinski definition) is 1. The summed E-state index contributed by atoms with van der Waals surface area (Å²) in [5, 5.41) is 0. The molecule has 0 aromatic heterocycles. The minimum atomic E-state index is -2.45. The quantitative estimate of drug-likeness (QED) is 0.713. The van der Waals surface area contributed by atoms with Crippen molar-refractivity contribution in [3.8, 4) is 0 Å². The van der Waals surface area contributed by atoms with Crippen molar-refractivity contribution in [2.75, 3.05) is 6.54 Å². The Morgan fingerprint density at radius 1 is 1.23 bits per heavy atom. The van der Waals surface area contributed by atoms with Gasteiger partial charge in [-0.05, 0) is 23.8 Å². The minimum Gasteiger partial charge on any atom is -0.330 e. The summed E-state index contributed by atoms with van der Waals surface area (Å²) >= 11 is 0. The first-order valence-electron chi connectivity index (χ1n) is 4.76. The Labute approximate surface area is 78.7 Å². The van der Waals surface area contributed by atoms with E-state index in [1.165, 1.54) is 0 Å². The molecule has 0 amide bonds. The summed E-state index contributed by atoms with van der Waals surface area (Å²) in [6, 6.07) is 0. The first kappa shape index (κ1) is 10.9. The molecule has 0 spiro atoms. The van der Waals surface area contributed by atoms with E-state index in [-0.39, 0.29) is 23.7 Å². The van der Waals surface area contributed by atoms with Crippen LogP contribution in [0.4, 0.5) is 8.78 Å². The third-order valence-electron chi connectivity index (χ3n) is 2.61. The second-order valence-electron chi connectivity index (χ2n) is 5.65. The van der Waals surface area contributed by atoms with Crippen molar-refractivity contribution in [1.82, 2.24) is 0 Å². The topological polar surface area (TPSA) is 26.0 Å². The van der Waals surface area contributed by atoms with Crippen LogP contribution in [0.1, 0.15) is 40.0 Å². The summed E-state index contributed by atoms with van der Waals surface area (Å²) in [6.45, 7) is 6.60. The highest BCUT2D eigenvalue weighted by Gasteiger charge is 2.56. The third kappa shape index (κ3) is 2.63. The molecule has 0 atom stereocenters. The van der Waals surface area contributed by atoms with Crippen LogP contribution in [-0.2, 0) is 0 Å². The molecule has 0 saturated heterocycles. The average Bonchev–Trinajstić information content (AvgIpc) is 1.79. The van der Waals surface area contributed by atoms with Crippen LogP contribution in [-0.4, -0.2) is 12.5 Å². The van der Waals surface area contributed by atoms with Crippen LogP contribution in [0, 0.1) is 10.8 Å². The van der Waals surface area contributed by atoms with Gasteiger partial charge in [0.15, 0.2) is 0 Å². The first-order chi connectivity index (χ1) is 5.68. The van der Waals surface area contributed by atoms with Crippen molar-refractivity contribution in [2.24, 2.45) is 16.6 Å². The standard InChI is InChI=1S/C10H19F2N/c1-8(2,3)4-9(7-13)5-10(11,12)6-9/h4-7,13H2,1-3H3. The largest absolute Gasteiger partial charge is 0.330 e. The Bertz CT molecular complexity index is 186. The van der Waals surface area contributed by atoms with E-state index >= 15 is 0 Å². The Hall–Kier alpha value is -0.180. The SMILES string of the molecule is CC(C)(C)CC1(CN)CC(F)(F)C1. The van der Waals surface area contributed by atoms with Crippen molar-refractivity contribution >= 4 is 0 Å². The van der Waals surface area contributed by atoms with Crippen LogP contribution in [0.25, 0.3) is 0 Å². The fraction of sp³-hybridized carbons (Fsp3) is 1.00. The fourth-order valence-electron chi connectivity index (χ4n) is 2.51. The van der Waals surface area contributed by atoms with E-state index in [1.54, 1.807) is 0 Å². The van der Waals surface area contributed by atoms with Crippen LogP contribution in [0.15, 0.2) is 0 Å². The summed E-state index contributed by atoms with van der Waals surface area (Å²) in [7, 11) is 0. The molecule has 2 N–H and O–H groups in total. The summed E-state index contributed by atoms with van der Waals surface area (Å²) in [4.78, 5) is 0. The Balaban J connectivity index is 2.56. The van der Waals surface area contributed by atoms with Gasteiger partial charge in [-0.2, -0.15) is 0 Å². The normalized spacial score (nSPS) is 25.4. The summed E-state index contributed by atoms with van der Waals surface area (Å²) < 4.78 is 25.5. The number of nitrogens with two attached hydrogens (primary N) is 1. The molecular formula is C10H19F2N. The maximum atomic E-state index is 12.7. The van der Waals surface area contributed by atoms with Crippen molar-refractivity contribution in [2.45, 2.75) is 46.0 Å². The Kier molecular flexibility index (Phi) is 2.44. The molecule has 1 rings (SSSR count). The van der Waals surface area contributed by atoms with Crippen molar-refractivity contribution in [3.63, 3.8) is 0 Å². The molecule has 1 aliphatic carbocycles. The van der Waals surface area contributed by atoms with Crippen molar-refractivity contribution in [3.05, 3.63) is 0 Å². The summed E-state index contributed by atoms with van der Waals surface area (Å²) in [5.74, 6) is -2.45. The van der Waals surface area contributed by atoms with Crippen molar-refractivity contribution in [1.29, 1.82) is 0 Å². The third-order valence-corrected chi connectivity index (χ3v) is 2.61. The van der Waals surface area contributed by atoms with Crippen LogP contribution in [0.3, 0.4) is 0 Å². The fourth-order valence-corrected chi connectivity index (χ4v) is 2.51. The zero-order valence-corrected chi connectivity index (χ0v) is 8.66. The smallest absolute Gasteiger partial charge is 0.249 e.